The van der Waals surface area contributed by atoms with Crippen LogP contribution in [0.5, 0.6) is 11.5 Å². The summed E-state index contributed by atoms with van der Waals surface area (Å²) in [6, 6.07) is 15.7. The molecule has 2 aromatic carbocycles. The second kappa shape index (κ2) is 5.62. The van der Waals surface area contributed by atoms with Gasteiger partial charge >= 0.3 is 6.41 Å². The Morgan fingerprint density at radius 1 is 1.09 bits per heavy atom. The van der Waals surface area contributed by atoms with Gasteiger partial charge in [-0.2, -0.15) is 5.10 Å². The van der Waals surface area contributed by atoms with Crippen LogP contribution in [0, 0.1) is 0 Å². The first kappa shape index (κ1) is 14.1. The van der Waals surface area contributed by atoms with Crippen molar-refractivity contribution in [3.8, 4) is 22.8 Å². The second-order valence-electron chi connectivity index (χ2n) is 5.20. The van der Waals surface area contributed by atoms with E-state index in [1.165, 1.54) is 0 Å². The SMILES string of the molecule is Cn1ncc(Br)c1-c1cccc(NC2Oc3ccccc3O2)c1. The predicted octanol–water partition coefficient (Wildman–Crippen LogP) is 4.02. The third-order valence-electron chi connectivity index (χ3n) is 3.63. The fourth-order valence-electron chi connectivity index (χ4n) is 2.59. The highest BCUT2D eigenvalue weighted by molar-refractivity contribution is 9.10. The normalized spacial score (nSPS) is 13.3. The third-order valence-corrected chi connectivity index (χ3v) is 4.21. The molecule has 1 aliphatic heterocycles. The quantitative estimate of drug-likeness (QED) is 0.755. The number of nitrogens with one attached hydrogen (secondary N) is 1. The van der Waals surface area contributed by atoms with Gasteiger partial charge in [0, 0.05) is 18.3 Å². The predicted molar refractivity (Wildman–Crippen MR) is 91.5 cm³/mol. The van der Waals surface area contributed by atoms with Crippen molar-refractivity contribution in [2.45, 2.75) is 6.41 Å². The zero-order chi connectivity index (χ0) is 15.8. The number of hydrogen-bond acceptors (Lipinski definition) is 4. The van der Waals surface area contributed by atoms with Crippen molar-refractivity contribution in [3.63, 3.8) is 0 Å². The Hall–Kier alpha value is -2.47. The van der Waals surface area contributed by atoms with Crippen LogP contribution in [0.1, 0.15) is 0 Å². The molecule has 3 aromatic rings. The van der Waals surface area contributed by atoms with Crippen LogP contribution >= 0.6 is 15.9 Å². The molecule has 0 bridgehead atoms. The summed E-state index contributed by atoms with van der Waals surface area (Å²) in [4.78, 5) is 0. The molecule has 1 aromatic heterocycles. The van der Waals surface area contributed by atoms with Crippen molar-refractivity contribution >= 4 is 21.6 Å². The Kier molecular flexibility index (Phi) is 3.46. The number of aromatic nitrogens is 2. The topological polar surface area (TPSA) is 48.3 Å². The number of anilines is 1. The summed E-state index contributed by atoms with van der Waals surface area (Å²) in [7, 11) is 1.92. The molecule has 2 heterocycles. The molecule has 1 aliphatic rings. The van der Waals surface area contributed by atoms with Crippen molar-refractivity contribution in [1.29, 1.82) is 0 Å². The van der Waals surface area contributed by atoms with E-state index in [-0.39, 0.29) is 0 Å². The Labute approximate surface area is 142 Å². The smallest absolute Gasteiger partial charge is 0.325 e. The first-order valence-electron chi connectivity index (χ1n) is 7.17. The van der Waals surface area contributed by atoms with Gasteiger partial charge in [-0.3, -0.25) is 4.68 Å². The van der Waals surface area contributed by atoms with Crippen LogP contribution in [0.4, 0.5) is 5.69 Å². The minimum absolute atomic E-state index is 0.530. The van der Waals surface area contributed by atoms with Gasteiger partial charge in [0.1, 0.15) is 0 Å². The molecular weight excluding hydrogens is 358 g/mol. The summed E-state index contributed by atoms with van der Waals surface area (Å²) in [6.45, 7) is 0. The van der Waals surface area contributed by atoms with Crippen LogP contribution in [0.3, 0.4) is 0 Å². The van der Waals surface area contributed by atoms with Crippen molar-refractivity contribution in [3.05, 3.63) is 59.2 Å². The lowest BCUT2D eigenvalue weighted by Crippen LogP contribution is -2.27. The molecule has 0 saturated carbocycles. The fraction of sp³-hybridized carbons (Fsp3) is 0.118. The van der Waals surface area contributed by atoms with Crippen LogP contribution in [0.15, 0.2) is 59.2 Å². The van der Waals surface area contributed by atoms with Gasteiger partial charge in [0.25, 0.3) is 0 Å². The maximum absolute atomic E-state index is 5.73. The van der Waals surface area contributed by atoms with Crippen molar-refractivity contribution in [2.75, 3.05) is 5.32 Å². The van der Waals surface area contributed by atoms with Gasteiger partial charge in [0.05, 0.1) is 16.4 Å². The Balaban J connectivity index is 1.57. The van der Waals surface area contributed by atoms with E-state index >= 15 is 0 Å². The molecule has 0 fully saturated rings. The average Bonchev–Trinajstić information content (AvgIpc) is 3.10. The van der Waals surface area contributed by atoms with Crippen LogP contribution < -0.4 is 14.8 Å². The van der Waals surface area contributed by atoms with E-state index in [0.29, 0.717) is 0 Å². The molecule has 6 heteroatoms. The minimum atomic E-state index is -0.530. The number of ether oxygens (including phenoxy) is 2. The average molecular weight is 372 g/mol. The summed E-state index contributed by atoms with van der Waals surface area (Å²) < 4.78 is 14.2. The van der Waals surface area contributed by atoms with Crippen molar-refractivity contribution < 1.29 is 9.47 Å². The van der Waals surface area contributed by atoms with E-state index in [1.807, 2.05) is 60.3 Å². The Bertz CT molecular complexity index is 818. The molecule has 23 heavy (non-hydrogen) atoms. The molecule has 0 aliphatic carbocycles. The summed E-state index contributed by atoms with van der Waals surface area (Å²) in [6.07, 6.45) is 1.26. The summed E-state index contributed by atoms with van der Waals surface area (Å²) in [5.41, 5.74) is 2.98. The van der Waals surface area contributed by atoms with Crippen LogP contribution in [-0.2, 0) is 7.05 Å². The zero-order valence-corrected chi connectivity index (χ0v) is 13.9. The fourth-order valence-corrected chi connectivity index (χ4v) is 3.16. The molecule has 0 amide bonds. The molecule has 1 N–H and O–H groups in total. The highest BCUT2D eigenvalue weighted by Crippen LogP contribution is 2.35. The standard InChI is InChI=1S/C17H14BrN3O2/c1-21-16(13(18)10-19-21)11-5-4-6-12(9-11)20-17-22-14-7-2-3-8-15(14)23-17/h2-10,17,20H,1H3. The highest BCUT2D eigenvalue weighted by atomic mass is 79.9. The first-order valence-corrected chi connectivity index (χ1v) is 7.97. The van der Waals surface area contributed by atoms with Crippen LogP contribution in [0.25, 0.3) is 11.3 Å². The summed E-state index contributed by atoms with van der Waals surface area (Å²) >= 11 is 3.53. The van der Waals surface area contributed by atoms with Gasteiger partial charge in [-0.25, -0.2) is 0 Å². The molecule has 0 saturated heterocycles. The maximum atomic E-state index is 5.73. The Morgan fingerprint density at radius 3 is 2.48 bits per heavy atom. The molecule has 116 valence electrons. The Morgan fingerprint density at radius 2 is 1.83 bits per heavy atom. The molecule has 4 rings (SSSR count). The van der Waals surface area contributed by atoms with E-state index in [1.54, 1.807) is 6.20 Å². The summed E-state index contributed by atoms with van der Waals surface area (Å²) in [5.74, 6) is 1.49. The van der Waals surface area contributed by atoms with Crippen LogP contribution in [0.2, 0.25) is 0 Å². The number of fused-ring (bicyclic) bond motifs is 1. The first-order chi connectivity index (χ1) is 11.2. The number of hydrogen-bond donors (Lipinski definition) is 1. The second-order valence-corrected chi connectivity index (χ2v) is 6.06. The van der Waals surface area contributed by atoms with E-state index in [4.69, 9.17) is 9.47 Å². The molecular formula is C17H14BrN3O2. The van der Waals surface area contributed by atoms with Gasteiger partial charge < -0.3 is 14.8 Å². The van der Waals surface area contributed by atoms with Gasteiger partial charge in [0.15, 0.2) is 11.5 Å². The number of rotatable bonds is 3. The lowest BCUT2D eigenvalue weighted by atomic mass is 10.1. The van der Waals surface area contributed by atoms with E-state index in [0.717, 1.165) is 32.9 Å². The molecule has 0 spiro atoms. The highest BCUT2D eigenvalue weighted by Gasteiger charge is 2.23. The number of benzene rings is 2. The summed E-state index contributed by atoms with van der Waals surface area (Å²) in [5, 5.41) is 7.49. The van der Waals surface area contributed by atoms with Gasteiger partial charge in [0.2, 0.25) is 0 Å². The molecule has 0 radical (unpaired) electrons. The maximum Gasteiger partial charge on any atom is 0.325 e. The number of halogens is 1. The number of aryl methyl sites for hydroxylation is 1. The molecule has 5 nitrogen and oxygen atoms in total. The largest absolute Gasteiger partial charge is 0.433 e. The van der Waals surface area contributed by atoms with E-state index in [9.17, 15) is 0 Å². The van der Waals surface area contributed by atoms with Crippen molar-refractivity contribution in [1.82, 2.24) is 9.78 Å². The number of nitrogens with zero attached hydrogens (tertiary/aromatic N) is 2. The van der Waals surface area contributed by atoms with Gasteiger partial charge in [-0.05, 0) is 40.2 Å². The minimum Gasteiger partial charge on any atom is -0.433 e. The number of para-hydroxylation sites is 2. The van der Waals surface area contributed by atoms with Crippen LogP contribution in [-0.4, -0.2) is 16.2 Å². The molecule has 0 atom stereocenters. The third kappa shape index (κ3) is 2.66. The van der Waals surface area contributed by atoms with Gasteiger partial charge in [-0.1, -0.05) is 24.3 Å². The monoisotopic (exact) mass is 371 g/mol. The lowest BCUT2D eigenvalue weighted by Gasteiger charge is -2.14. The van der Waals surface area contributed by atoms with Crippen molar-refractivity contribution in [2.24, 2.45) is 7.05 Å². The lowest BCUT2D eigenvalue weighted by molar-refractivity contribution is 0.0765. The van der Waals surface area contributed by atoms with Gasteiger partial charge in [-0.15, -0.1) is 0 Å². The van der Waals surface area contributed by atoms with E-state index in [2.05, 4.69) is 26.3 Å². The zero-order valence-electron chi connectivity index (χ0n) is 12.4. The van der Waals surface area contributed by atoms with E-state index < -0.39 is 6.41 Å². The molecule has 0 unspecified atom stereocenters.